The Balaban J connectivity index is 1.80. The van der Waals surface area contributed by atoms with E-state index in [1.165, 1.54) is 15.9 Å². The molecule has 0 saturated heterocycles. The first-order valence-corrected chi connectivity index (χ1v) is 9.98. The number of amides is 1. The van der Waals surface area contributed by atoms with Crippen LogP contribution in [0.2, 0.25) is 0 Å². The summed E-state index contributed by atoms with van der Waals surface area (Å²) < 4.78 is 2.92. The number of benzene rings is 2. The molecule has 6 nitrogen and oxygen atoms in total. The van der Waals surface area contributed by atoms with Crippen LogP contribution in [0.1, 0.15) is 11.1 Å². The summed E-state index contributed by atoms with van der Waals surface area (Å²) in [4.78, 5) is 38.8. The molecule has 2 aromatic heterocycles. The largest absolute Gasteiger partial charge is 0.336 e. The maximum atomic E-state index is 13.2. The minimum Gasteiger partial charge on any atom is -0.325 e. The van der Waals surface area contributed by atoms with E-state index in [1.54, 1.807) is 35.7 Å². The molecule has 29 heavy (non-hydrogen) atoms. The van der Waals surface area contributed by atoms with Gasteiger partial charge in [0.05, 0.1) is 11.2 Å². The lowest BCUT2D eigenvalue weighted by Crippen LogP contribution is -2.40. The lowest BCUT2D eigenvalue weighted by atomic mass is 10.2. The van der Waals surface area contributed by atoms with Crippen molar-refractivity contribution in [3.63, 3.8) is 0 Å². The van der Waals surface area contributed by atoms with Crippen LogP contribution in [0.5, 0.6) is 0 Å². The molecule has 2 aromatic carbocycles. The number of carbonyl (C=O) groups is 1. The third-order valence-electron chi connectivity index (χ3n) is 4.62. The highest BCUT2D eigenvalue weighted by Gasteiger charge is 2.17. The third-order valence-corrected chi connectivity index (χ3v) is 5.51. The minimum atomic E-state index is -0.536. The van der Waals surface area contributed by atoms with Gasteiger partial charge in [-0.1, -0.05) is 24.3 Å². The van der Waals surface area contributed by atoms with Crippen LogP contribution < -0.4 is 16.6 Å². The van der Waals surface area contributed by atoms with Crippen LogP contribution in [0.25, 0.3) is 15.9 Å². The van der Waals surface area contributed by atoms with E-state index in [-0.39, 0.29) is 18.0 Å². The molecule has 0 unspecified atom stereocenters. The predicted octanol–water partition coefficient (Wildman–Crippen LogP) is 3.47. The summed E-state index contributed by atoms with van der Waals surface area (Å²) in [5, 5.41) is 4.57. The van der Waals surface area contributed by atoms with E-state index in [9.17, 15) is 14.4 Å². The van der Waals surface area contributed by atoms with Crippen molar-refractivity contribution in [3.8, 4) is 5.69 Å². The average Bonchev–Trinajstić information content (AvgIpc) is 3.15. The summed E-state index contributed by atoms with van der Waals surface area (Å²) in [7, 11) is 0. The number of nitrogens with zero attached hydrogens (tertiary/aromatic N) is 2. The SMILES string of the molecule is Cc1cccc(NC(=O)Cn2c(=O)n(-c3cccc(C)c3)c(=O)c3sccc32)c1. The molecular formula is C22H19N3O3S. The van der Waals surface area contributed by atoms with Gasteiger partial charge in [0.1, 0.15) is 11.2 Å². The van der Waals surface area contributed by atoms with Crippen LogP contribution in [-0.2, 0) is 11.3 Å². The fourth-order valence-electron chi connectivity index (χ4n) is 3.30. The molecule has 146 valence electrons. The smallest absolute Gasteiger partial charge is 0.325 e. The number of hydrogen-bond acceptors (Lipinski definition) is 4. The highest BCUT2D eigenvalue weighted by atomic mass is 32.1. The first-order chi connectivity index (χ1) is 13.9. The standard InChI is InChI=1S/C22H19N3O3S/c1-14-5-3-7-16(11-14)23-19(26)13-24-18-9-10-29-20(18)21(27)25(22(24)28)17-8-4-6-15(2)12-17/h3-12H,13H2,1-2H3,(H,23,26). The number of aryl methyl sites for hydroxylation is 2. The molecule has 0 fully saturated rings. The lowest BCUT2D eigenvalue weighted by Gasteiger charge is -2.13. The number of rotatable bonds is 4. The van der Waals surface area contributed by atoms with Crippen molar-refractivity contribution in [2.24, 2.45) is 0 Å². The highest BCUT2D eigenvalue weighted by molar-refractivity contribution is 7.17. The van der Waals surface area contributed by atoms with Crippen LogP contribution in [0.15, 0.2) is 69.6 Å². The monoisotopic (exact) mass is 405 g/mol. The van der Waals surface area contributed by atoms with Gasteiger partial charge in [-0.05, 0) is 60.7 Å². The van der Waals surface area contributed by atoms with Crippen molar-refractivity contribution >= 4 is 33.1 Å². The van der Waals surface area contributed by atoms with Gasteiger partial charge in [0.2, 0.25) is 5.91 Å². The molecule has 4 rings (SSSR count). The van der Waals surface area contributed by atoms with Gasteiger partial charge in [-0.2, -0.15) is 0 Å². The number of nitrogens with one attached hydrogen (secondary N) is 1. The van der Waals surface area contributed by atoms with Crippen molar-refractivity contribution < 1.29 is 4.79 Å². The molecule has 0 aliphatic heterocycles. The molecular weight excluding hydrogens is 386 g/mol. The molecule has 1 N–H and O–H groups in total. The van der Waals surface area contributed by atoms with Gasteiger partial charge in [0.15, 0.2) is 0 Å². The van der Waals surface area contributed by atoms with E-state index in [1.807, 2.05) is 38.1 Å². The number of aromatic nitrogens is 2. The number of anilines is 1. The maximum absolute atomic E-state index is 13.2. The number of thiophene rings is 1. The van der Waals surface area contributed by atoms with Crippen LogP contribution in [0, 0.1) is 13.8 Å². The molecule has 0 atom stereocenters. The number of carbonyl (C=O) groups excluding carboxylic acids is 1. The van der Waals surface area contributed by atoms with Crippen LogP contribution in [-0.4, -0.2) is 15.0 Å². The fourth-order valence-corrected chi connectivity index (χ4v) is 4.13. The van der Waals surface area contributed by atoms with Crippen LogP contribution >= 0.6 is 11.3 Å². The Morgan fingerprint density at radius 3 is 2.45 bits per heavy atom. The van der Waals surface area contributed by atoms with Gasteiger partial charge in [-0.15, -0.1) is 11.3 Å². The Kier molecular flexibility index (Phi) is 4.90. The molecule has 0 aliphatic carbocycles. The van der Waals surface area contributed by atoms with Gasteiger partial charge in [-0.3, -0.25) is 14.2 Å². The second-order valence-corrected chi connectivity index (χ2v) is 7.82. The molecule has 0 spiro atoms. The van der Waals surface area contributed by atoms with Gasteiger partial charge in [-0.25, -0.2) is 9.36 Å². The van der Waals surface area contributed by atoms with E-state index in [4.69, 9.17) is 0 Å². The molecule has 2 heterocycles. The van der Waals surface area contributed by atoms with Crippen LogP contribution in [0.3, 0.4) is 0 Å². The second-order valence-electron chi connectivity index (χ2n) is 6.90. The topological polar surface area (TPSA) is 73.1 Å². The van der Waals surface area contributed by atoms with Gasteiger partial charge < -0.3 is 5.32 Å². The van der Waals surface area contributed by atoms with Crippen molar-refractivity contribution in [2.75, 3.05) is 5.32 Å². The normalized spacial score (nSPS) is 11.0. The van der Waals surface area contributed by atoms with Crippen LogP contribution in [0.4, 0.5) is 5.69 Å². The average molecular weight is 405 g/mol. The van der Waals surface area contributed by atoms with E-state index >= 15 is 0 Å². The number of hydrogen-bond donors (Lipinski definition) is 1. The van der Waals surface area contributed by atoms with Crippen molar-refractivity contribution in [3.05, 3.63) is 91.9 Å². The summed E-state index contributed by atoms with van der Waals surface area (Å²) in [6.45, 7) is 3.64. The molecule has 0 aliphatic rings. The molecule has 0 radical (unpaired) electrons. The zero-order valence-corrected chi connectivity index (χ0v) is 16.8. The minimum absolute atomic E-state index is 0.188. The summed E-state index contributed by atoms with van der Waals surface area (Å²) in [5.74, 6) is -0.334. The molecule has 4 aromatic rings. The van der Waals surface area contributed by atoms with E-state index in [0.29, 0.717) is 21.6 Å². The molecule has 0 bridgehead atoms. The number of fused-ring (bicyclic) bond motifs is 1. The predicted molar refractivity (Wildman–Crippen MR) is 116 cm³/mol. The zero-order valence-electron chi connectivity index (χ0n) is 16.0. The zero-order chi connectivity index (χ0) is 20.5. The van der Waals surface area contributed by atoms with Crippen molar-refractivity contribution in [1.82, 2.24) is 9.13 Å². The molecule has 0 saturated carbocycles. The Bertz CT molecular complexity index is 1350. The Morgan fingerprint density at radius 2 is 1.72 bits per heavy atom. The summed E-state index contributed by atoms with van der Waals surface area (Å²) in [6.07, 6.45) is 0. The highest BCUT2D eigenvalue weighted by Crippen LogP contribution is 2.17. The summed E-state index contributed by atoms with van der Waals surface area (Å²) >= 11 is 1.26. The second kappa shape index (κ2) is 7.52. The lowest BCUT2D eigenvalue weighted by molar-refractivity contribution is -0.116. The van der Waals surface area contributed by atoms with E-state index < -0.39 is 5.69 Å². The molecule has 1 amide bonds. The Labute approximate surface area is 170 Å². The Morgan fingerprint density at radius 1 is 1.00 bits per heavy atom. The third kappa shape index (κ3) is 3.64. The van der Waals surface area contributed by atoms with E-state index in [0.717, 1.165) is 15.7 Å². The summed E-state index contributed by atoms with van der Waals surface area (Å²) in [5.41, 5.74) is 2.66. The Hall–Kier alpha value is -3.45. The van der Waals surface area contributed by atoms with E-state index in [2.05, 4.69) is 5.32 Å². The summed E-state index contributed by atoms with van der Waals surface area (Å²) in [6, 6.07) is 16.3. The first-order valence-electron chi connectivity index (χ1n) is 9.10. The molecule has 7 heteroatoms. The first kappa shape index (κ1) is 18.9. The van der Waals surface area contributed by atoms with Gasteiger partial charge in [0.25, 0.3) is 5.56 Å². The van der Waals surface area contributed by atoms with Gasteiger partial charge in [0, 0.05) is 5.69 Å². The quantitative estimate of drug-likeness (QED) is 0.565. The van der Waals surface area contributed by atoms with Crippen molar-refractivity contribution in [2.45, 2.75) is 20.4 Å². The fraction of sp³-hybridized carbons (Fsp3) is 0.136. The van der Waals surface area contributed by atoms with Gasteiger partial charge >= 0.3 is 5.69 Å². The van der Waals surface area contributed by atoms with Crippen molar-refractivity contribution in [1.29, 1.82) is 0 Å². The maximum Gasteiger partial charge on any atom is 0.336 e.